The van der Waals surface area contributed by atoms with Gasteiger partial charge in [-0.25, -0.2) is 8.78 Å². The lowest BCUT2D eigenvalue weighted by atomic mass is 10.1. The third-order valence-electron chi connectivity index (χ3n) is 3.67. The number of rotatable bonds is 2. The van der Waals surface area contributed by atoms with Crippen LogP contribution in [0.15, 0.2) is 36.4 Å². The van der Waals surface area contributed by atoms with Crippen molar-refractivity contribution in [2.45, 2.75) is 25.8 Å². The van der Waals surface area contributed by atoms with Gasteiger partial charge in [-0.15, -0.1) is 0 Å². The number of aryl methyl sites for hydroxylation is 1. The highest BCUT2D eigenvalue weighted by molar-refractivity contribution is 5.51. The zero-order chi connectivity index (χ0) is 13.4. The molecule has 1 nitrogen and oxygen atoms in total. The van der Waals surface area contributed by atoms with Crippen LogP contribution in [0, 0.1) is 18.6 Å². The van der Waals surface area contributed by atoms with E-state index in [0.29, 0.717) is 12.1 Å². The standard InChI is InChI=1S/C16H15F2N/c1-10-5-7-14(18)16(9-10)19-15-8-6-11-12(15)3-2-4-13(11)17/h2-5,7,9,15,19H,6,8H2,1H3. The topological polar surface area (TPSA) is 12.0 Å². The summed E-state index contributed by atoms with van der Waals surface area (Å²) in [4.78, 5) is 0. The number of anilines is 1. The van der Waals surface area contributed by atoms with Crippen LogP contribution >= 0.6 is 0 Å². The Hall–Kier alpha value is -1.90. The Kier molecular flexibility index (Phi) is 2.97. The van der Waals surface area contributed by atoms with E-state index in [-0.39, 0.29) is 17.7 Å². The van der Waals surface area contributed by atoms with Gasteiger partial charge in [0.2, 0.25) is 0 Å². The van der Waals surface area contributed by atoms with Gasteiger partial charge in [0.15, 0.2) is 0 Å². The van der Waals surface area contributed by atoms with Gasteiger partial charge in [0.1, 0.15) is 11.6 Å². The summed E-state index contributed by atoms with van der Waals surface area (Å²) in [5.74, 6) is -0.429. The van der Waals surface area contributed by atoms with E-state index in [4.69, 9.17) is 0 Å². The zero-order valence-corrected chi connectivity index (χ0v) is 10.7. The monoisotopic (exact) mass is 259 g/mol. The molecule has 2 aromatic carbocycles. The second-order valence-corrected chi connectivity index (χ2v) is 5.03. The summed E-state index contributed by atoms with van der Waals surface area (Å²) in [6, 6.07) is 10.1. The number of benzene rings is 2. The molecule has 3 rings (SSSR count). The van der Waals surface area contributed by atoms with E-state index < -0.39 is 0 Å². The minimum Gasteiger partial charge on any atom is -0.376 e. The van der Waals surface area contributed by atoms with Gasteiger partial charge in [-0.3, -0.25) is 0 Å². The van der Waals surface area contributed by atoms with E-state index in [0.717, 1.165) is 23.1 Å². The molecule has 0 fully saturated rings. The highest BCUT2D eigenvalue weighted by Crippen LogP contribution is 2.35. The summed E-state index contributed by atoms with van der Waals surface area (Å²) in [6.45, 7) is 1.92. The molecule has 19 heavy (non-hydrogen) atoms. The van der Waals surface area contributed by atoms with Crippen LogP contribution in [0.2, 0.25) is 0 Å². The number of hydrogen-bond donors (Lipinski definition) is 1. The van der Waals surface area contributed by atoms with Gasteiger partial charge in [0.05, 0.1) is 11.7 Å². The fraction of sp³-hybridized carbons (Fsp3) is 0.250. The highest BCUT2D eigenvalue weighted by Gasteiger charge is 2.25. The van der Waals surface area contributed by atoms with E-state index in [1.54, 1.807) is 18.2 Å². The van der Waals surface area contributed by atoms with E-state index in [1.807, 2.05) is 13.0 Å². The second-order valence-electron chi connectivity index (χ2n) is 5.03. The van der Waals surface area contributed by atoms with E-state index in [2.05, 4.69) is 5.32 Å². The van der Waals surface area contributed by atoms with E-state index in [1.165, 1.54) is 12.1 Å². The molecule has 1 atom stereocenters. The average molecular weight is 259 g/mol. The van der Waals surface area contributed by atoms with Crippen molar-refractivity contribution >= 4 is 5.69 Å². The summed E-state index contributed by atoms with van der Waals surface area (Å²) in [7, 11) is 0. The predicted molar refractivity (Wildman–Crippen MR) is 72.2 cm³/mol. The highest BCUT2D eigenvalue weighted by atomic mass is 19.1. The summed E-state index contributed by atoms with van der Waals surface area (Å²) < 4.78 is 27.4. The van der Waals surface area contributed by atoms with Crippen molar-refractivity contribution in [3.05, 3.63) is 64.7 Å². The molecule has 0 heterocycles. The Morgan fingerprint density at radius 1 is 1.11 bits per heavy atom. The van der Waals surface area contributed by atoms with Crippen LogP contribution in [0.4, 0.5) is 14.5 Å². The van der Waals surface area contributed by atoms with Crippen molar-refractivity contribution in [1.82, 2.24) is 0 Å². The van der Waals surface area contributed by atoms with Gasteiger partial charge < -0.3 is 5.32 Å². The Bertz CT molecular complexity index is 622. The molecule has 0 saturated carbocycles. The van der Waals surface area contributed by atoms with Crippen molar-refractivity contribution in [2.24, 2.45) is 0 Å². The van der Waals surface area contributed by atoms with Gasteiger partial charge >= 0.3 is 0 Å². The van der Waals surface area contributed by atoms with Crippen LogP contribution in [0.3, 0.4) is 0 Å². The minimum atomic E-state index is -0.268. The van der Waals surface area contributed by atoms with Crippen LogP contribution in [0.1, 0.15) is 29.2 Å². The van der Waals surface area contributed by atoms with Crippen molar-refractivity contribution in [2.75, 3.05) is 5.32 Å². The largest absolute Gasteiger partial charge is 0.376 e. The molecule has 3 heteroatoms. The number of nitrogens with one attached hydrogen (secondary N) is 1. The maximum atomic E-state index is 13.7. The van der Waals surface area contributed by atoms with Crippen molar-refractivity contribution in [1.29, 1.82) is 0 Å². The van der Waals surface area contributed by atoms with Crippen LogP contribution in [0.25, 0.3) is 0 Å². The number of fused-ring (bicyclic) bond motifs is 1. The molecule has 0 aliphatic heterocycles. The molecular formula is C16H15F2N. The molecule has 1 aliphatic rings. The lowest BCUT2D eigenvalue weighted by molar-refractivity contribution is 0.612. The fourth-order valence-corrected chi connectivity index (χ4v) is 2.70. The van der Waals surface area contributed by atoms with Crippen LogP contribution in [-0.4, -0.2) is 0 Å². The van der Waals surface area contributed by atoms with E-state index >= 15 is 0 Å². The zero-order valence-electron chi connectivity index (χ0n) is 10.7. The molecule has 1 unspecified atom stereocenters. The third-order valence-corrected chi connectivity index (χ3v) is 3.67. The Labute approximate surface area is 111 Å². The lowest BCUT2D eigenvalue weighted by Crippen LogP contribution is -2.08. The molecule has 0 amide bonds. The first kappa shape index (κ1) is 12.2. The SMILES string of the molecule is Cc1ccc(F)c(NC2CCc3c(F)cccc32)c1. The molecule has 0 aromatic heterocycles. The summed E-state index contributed by atoms with van der Waals surface area (Å²) in [5, 5.41) is 3.19. The first-order valence-corrected chi connectivity index (χ1v) is 6.45. The fourth-order valence-electron chi connectivity index (χ4n) is 2.70. The van der Waals surface area contributed by atoms with Crippen LogP contribution in [-0.2, 0) is 6.42 Å². The van der Waals surface area contributed by atoms with Gasteiger partial charge in [-0.05, 0) is 54.7 Å². The lowest BCUT2D eigenvalue weighted by Gasteiger charge is -2.16. The Morgan fingerprint density at radius 3 is 2.79 bits per heavy atom. The molecule has 98 valence electrons. The Balaban J connectivity index is 1.91. The third kappa shape index (κ3) is 2.21. The van der Waals surface area contributed by atoms with Crippen molar-refractivity contribution in [3.8, 4) is 0 Å². The van der Waals surface area contributed by atoms with Crippen LogP contribution < -0.4 is 5.32 Å². The molecule has 1 aliphatic carbocycles. The quantitative estimate of drug-likeness (QED) is 0.844. The average Bonchev–Trinajstić information content (AvgIpc) is 2.79. The van der Waals surface area contributed by atoms with Gasteiger partial charge in [0.25, 0.3) is 0 Å². The Morgan fingerprint density at radius 2 is 1.95 bits per heavy atom. The maximum Gasteiger partial charge on any atom is 0.146 e. The maximum absolute atomic E-state index is 13.7. The smallest absolute Gasteiger partial charge is 0.146 e. The minimum absolute atomic E-state index is 0.0120. The molecule has 0 bridgehead atoms. The van der Waals surface area contributed by atoms with E-state index in [9.17, 15) is 8.78 Å². The summed E-state index contributed by atoms with van der Waals surface area (Å²) in [6.07, 6.45) is 1.50. The molecule has 0 radical (unpaired) electrons. The second kappa shape index (κ2) is 4.65. The number of halogens is 2. The van der Waals surface area contributed by atoms with Gasteiger partial charge in [-0.2, -0.15) is 0 Å². The molecule has 0 saturated heterocycles. The van der Waals surface area contributed by atoms with Crippen molar-refractivity contribution < 1.29 is 8.78 Å². The normalized spacial score (nSPS) is 17.3. The summed E-state index contributed by atoms with van der Waals surface area (Å²) in [5.41, 5.74) is 3.19. The van der Waals surface area contributed by atoms with Crippen LogP contribution in [0.5, 0.6) is 0 Å². The molecule has 1 N–H and O–H groups in total. The predicted octanol–water partition coefficient (Wildman–Crippen LogP) is 4.37. The first-order chi connectivity index (χ1) is 9.15. The summed E-state index contributed by atoms with van der Waals surface area (Å²) >= 11 is 0. The molecule has 0 spiro atoms. The first-order valence-electron chi connectivity index (χ1n) is 6.45. The molecule has 2 aromatic rings. The van der Waals surface area contributed by atoms with Gasteiger partial charge in [0, 0.05) is 0 Å². The van der Waals surface area contributed by atoms with Crippen molar-refractivity contribution in [3.63, 3.8) is 0 Å². The molecular weight excluding hydrogens is 244 g/mol. The van der Waals surface area contributed by atoms with Gasteiger partial charge in [-0.1, -0.05) is 18.2 Å². The number of hydrogen-bond acceptors (Lipinski definition) is 1.